The molecule has 0 radical (unpaired) electrons. The van der Waals surface area contributed by atoms with Crippen molar-refractivity contribution in [2.24, 2.45) is 0 Å². The van der Waals surface area contributed by atoms with E-state index in [1.807, 2.05) is 0 Å². The Bertz CT molecular complexity index is 422. The van der Waals surface area contributed by atoms with Gasteiger partial charge in [0.05, 0.1) is 0 Å². The van der Waals surface area contributed by atoms with E-state index in [1.54, 1.807) is 6.92 Å². The molecule has 0 fully saturated rings. The zero-order valence-corrected chi connectivity index (χ0v) is 7.14. The van der Waals surface area contributed by atoms with Gasteiger partial charge in [-0.2, -0.15) is 0 Å². The van der Waals surface area contributed by atoms with Gasteiger partial charge in [0.1, 0.15) is 6.29 Å². The lowest BCUT2D eigenvalue weighted by Gasteiger charge is -1.58. The SMILES string of the molecule is CC#CC#CC#CC#C/C=C/C=O. The number of hydrogen-bond acceptors (Lipinski definition) is 1. The summed E-state index contributed by atoms with van der Waals surface area (Å²) in [6.07, 6.45) is 3.36. The largest absolute Gasteiger partial charge is 0.299 e. The van der Waals surface area contributed by atoms with Crippen LogP contribution in [-0.4, -0.2) is 6.29 Å². The molecule has 0 atom stereocenters. The molecule has 0 heterocycles. The van der Waals surface area contributed by atoms with E-state index in [0.29, 0.717) is 6.29 Å². The summed E-state index contributed by atoms with van der Waals surface area (Å²) in [5.41, 5.74) is 0. The van der Waals surface area contributed by atoms with Crippen LogP contribution >= 0.6 is 0 Å². The normalized spacial score (nSPS) is 5.92. The molecule has 1 heteroatoms. The van der Waals surface area contributed by atoms with E-state index in [-0.39, 0.29) is 0 Å². The molecule has 0 aliphatic carbocycles. The first-order valence-corrected chi connectivity index (χ1v) is 3.44. The van der Waals surface area contributed by atoms with Gasteiger partial charge in [0.15, 0.2) is 0 Å². The van der Waals surface area contributed by atoms with Crippen LogP contribution in [-0.2, 0) is 4.79 Å². The van der Waals surface area contributed by atoms with Crippen molar-refractivity contribution in [2.75, 3.05) is 0 Å². The van der Waals surface area contributed by atoms with Gasteiger partial charge in [-0.05, 0) is 54.6 Å². The summed E-state index contributed by atoms with van der Waals surface area (Å²) < 4.78 is 0. The number of hydrogen-bond donors (Lipinski definition) is 0. The molecule has 0 aliphatic heterocycles. The molecule has 0 N–H and O–H groups in total. The molecule has 0 saturated carbocycles. The van der Waals surface area contributed by atoms with E-state index in [0.717, 1.165) is 0 Å². The Balaban J connectivity index is 4.04. The smallest absolute Gasteiger partial charge is 0.143 e. The predicted octanol–water partition coefficient (Wildman–Crippen LogP) is 0.775. The second-order valence-corrected chi connectivity index (χ2v) is 1.64. The van der Waals surface area contributed by atoms with Crippen LogP contribution in [0.2, 0.25) is 0 Å². The van der Waals surface area contributed by atoms with Gasteiger partial charge < -0.3 is 0 Å². The number of allylic oxidation sites excluding steroid dienone is 2. The summed E-state index contributed by atoms with van der Waals surface area (Å²) in [6, 6.07) is 0. The van der Waals surface area contributed by atoms with Crippen molar-refractivity contribution in [3.05, 3.63) is 12.2 Å². The van der Waals surface area contributed by atoms with Crippen LogP contribution in [0.4, 0.5) is 0 Å². The highest BCUT2D eigenvalue weighted by molar-refractivity contribution is 5.65. The lowest BCUT2D eigenvalue weighted by atomic mass is 10.5. The average molecular weight is 166 g/mol. The molecule has 0 aromatic rings. The number of carbonyl (C=O) groups excluding carboxylic acids is 1. The molecular formula is C12H6O. The fourth-order valence-electron chi connectivity index (χ4n) is 0.353. The molecule has 1 nitrogen and oxygen atoms in total. The third kappa shape index (κ3) is 9.65. The van der Waals surface area contributed by atoms with Crippen LogP contribution in [0.5, 0.6) is 0 Å². The molecule has 0 aromatic carbocycles. The van der Waals surface area contributed by atoms with Gasteiger partial charge in [-0.15, -0.1) is 0 Å². The molecule has 0 amide bonds. The van der Waals surface area contributed by atoms with E-state index in [2.05, 4.69) is 47.4 Å². The minimum atomic E-state index is 0.652. The zero-order chi connectivity index (χ0) is 9.78. The van der Waals surface area contributed by atoms with Crippen molar-refractivity contribution >= 4 is 6.29 Å². The summed E-state index contributed by atoms with van der Waals surface area (Å²) in [5, 5.41) is 0. The van der Waals surface area contributed by atoms with Crippen LogP contribution in [0.15, 0.2) is 12.2 Å². The fraction of sp³-hybridized carbons (Fsp3) is 0.0833. The minimum absolute atomic E-state index is 0.652. The van der Waals surface area contributed by atoms with Gasteiger partial charge >= 0.3 is 0 Å². The predicted molar refractivity (Wildman–Crippen MR) is 52.0 cm³/mol. The quantitative estimate of drug-likeness (QED) is 0.319. The van der Waals surface area contributed by atoms with E-state index in [1.165, 1.54) is 12.2 Å². The molecular weight excluding hydrogens is 160 g/mol. The third-order valence-electron chi connectivity index (χ3n) is 0.768. The molecule has 0 rings (SSSR count). The Hall–Kier alpha value is -2.35. The summed E-state index contributed by atoms with van der Waals surface area (Å²) >= 11 is 0. The van der Waals surface area contributed by atoms with Crippen molar-refractivity contribution in [2.45, 2.75) is 6.92 Å². The van der Waals surface area contributed by atoms with E-state index in [9.17, 15) is 4.79 Å². The van der Waals surface area contributed by atoms with Gasteiger partial charge in [0, 0.05) is 0 Å². The summed E-state index contributed by atoms with van der Waals surface area (Å²) in [4.78, 5) is 9.78. The Morgan fingerprint density at radius 3 is 2.15 bits per heavy atom. The van der Waals surface area contributed by atoms with Gasteiger partial charge in [-0.1, -0.05) is 11.8 Å². The fourth-order valence-corrected chi connectivity index (χ4v) is 0.353. The van der Waals surface area contributed by atoms with Crippen LogP contribution in [0.1, 0.15) is 6.92 Å². The van der Waals surface area contributed by atoms with E-state index >= 15 is 0 Å². The van der Waals surface area contributed by atoms with Gasteiger partial charge in [0.25, 0.3) is 0 Å². The summed E-state index contributed by atoms with van der Waals surface area (Å²) in [7, 11) is 0. The van der Waals surface area contributed by atoms with Gasteiger partial charge in [-0.3, -0.25) is 4.79 Å². The van der Waals surface area contributed by atoms with Crippen molar-refractivity contribution < 1.29 is 4.79 Å². The van der Waals surface area contributed by atoms with Gasteiger partial charge in [-0.25, -0.2) is 0 Å². The van der Waals surface area contributed by atoms with Crippen molar-refractivity contribution in [1.82, 2.24) is 0 Å². The van der Waals surface area contributed by atoms with Crippen molar-refractivity contribution in [1.29, 1.82) is 0 Å². The highest BCUT2D eigenvalue weighted by Gasteiger charge is 1.58. The Morgan fingerprint density at radius 1 is 0.923 bits per heavy atom. The molecule has 0 aliphatic rings. The van der Waals surface area contributed by atoms with E-state index < -0.39 is 0 Å². The first kappa shape index (κ1) is 10.7. The highest BCUT2D eigenvalue weighted by atomic mass is 16.1. The number of carbonyl (C=O) groups is 1. The van der Waals surface area contributed by atoms with Crippen LogP contribution in [0.3, 0.4) is 0 Å². The highest BCUT2D eigenvalue weighted by Crippen LogP contribution is 1.62. The Morgan fingerprint density at radius 2 is 1.54 bits per heavy atom. The van der Waals surface area contributed by atoms with Crippen LogP contribution < -0.4 is 0 Å². The maximum atomic E-state index is 9.78. The van der Waals surface area contributed by atoms with Crippen LogP contribution in [0.25, 0.3) is 0 Å². The summed E-state index contributed by atoms with van der Waals surface area (Å²) in [6.45, 7) is 1.70. The second-order valence-electron chi connectivity index (χ2n) is 1.64. The first-order valence-electron chi connectivity index (χ1n) is 3.44. The van der Waals surface area contributed by atoms with Crippen molar-refractivity contribution in [3.8, 4) is 47.4 Å². The maximum Gasteiger partial charge on any atom is 0.143 e. The van der Waals surface area contributed by atoms with Gasteiger partial charge in [0.2, 0.25) is 0 Å². The van der Waals surface area contributed by atoms with Crippen molar-refractivity contribution in [3.63, 3.8) is 0 Å². The van der Waals surface area contributed by atoms with Crippen LogP contribution in [0, 0.1) is 47.4 Å². The third-order valence-corrected chi connectivity index (χ3v) is 0.768. The monoisotopic (exact) mass is 166 g/mol. The standard InChI is InChI=1S/C12H6O/c1-2-3-4-5-6-7-8-9-10-11-12-13/h10-12H,1H3/b11-10+. The molecule has 0 unspecified atom stereocenters. The molecule has 0 aromatic heterocycles. The average Bonchev–Trinajstić information content (AvgIpc) is 2.16. The molecule has 0 bridgehead atoms. The van der Waals surface area contributed by atoms with E-state index in [4.69, 9.17) is 0 Å². The first-order chi connectivity index (χ1) is 6.41. The zero-order valence-electron chi connectivity index (χ0n) is 7.14. The maximum absolute atomic E-state index is 9.78. The molecule has 0 saturated heterocycles. The summed E-state index contributed by atoms with van der Waals surface area (Å²) in [5.74, 6) is 20.2. The minimum Gasteiger partial charge on any atom is -0.299 e. The lowest BCUT2D eigenvalue weighted by molar-refractivity contribution is -0.104. The second kappa shape index (κ2) is 9.65. The molecule has 13 heavy (non-hydrogen) atoms. The lowest BCUT2D eigenvalue weighted by Crippen LogP contribution is -1.57. The Kier molecular flexibility index (Phi) is 7.91. The number of aldehydes is 1. The molecule has 60 valence electrons. The molecule has 0 spiro atoms. The Labute approximate surface area is 78.2 Å². The number of rotatable bonds is 1. The topological polar surface area (TPSA) is 17.1 Å².